The molecular formula is C15H24N4O. The first-order chi connectivity index (χ1) is 9.65. The third-order valence-corrected chi connectivity index (χ3v) is 3.74. The van der Waals surface area contributed by atoms with Gasteiger partial charge >= 0.3 is 6.03 Å². The first kappa shape index (κ1) is 14.8. The summed E-state index contributed by atoms with van der Waals surface area (Å²) in [5, 5.41) is 9.68. The minimum Gasteiger partial charge on any atom is -0.351 e. The van der Waals surface area contributed by atoms with Crippen LogP contribution in [0, 0.1) is 0 Å². The minimum absolute atomic E-state index is 0.306. The lowest BCUT2D eigenvalue weighted by Crippen LogP contribution is -2.32. The zero-order valence-corrected chi connectivity index (χ0v) is 12.0. The van der Waals surface area contributed by atoms with Crippen LogP contribution in [0.15, 0.2) is 24.3 Å². The van der Waals surface area contributed by atoms with E-state index in [1.54, 1.807) is 0 Å². The number of rotatable bonds is 4. The largest absolute Gasteiger partial charge is 0.351 e. The predicted molar refractivity (Wildman–Crippen MR) is 81.7 cm³/mol. The number of carbonyl (C=O) groups is 1. The van der Waals surface area contributed by atoms with Crippen molar-refractivity contribution in [3.8, 4) is 0 Å². The van der Waals surface area contributed by atoms with Gasteiger partial charge in [0.15, 0.2) is 0 Å². The Morgan fingerprint density at radius 3 is 2.75 bits per heavy atom. The molecule has 1 fully saturated rings. The topological polar surface area (TPSA) is 79.2 Å². The first-order valence-electron chi connectivity index (χ1n) is 7.28. The van der Waals surface area contributed by atoms with Gasteiger partial charge in [-0.1, -0.05) is 12.1 Å². The number of primary amides is 1. The van der Waals surface area contributed by atoms with Crippen LogP contribution in [-0.2, 0) is 0 Å². The van der Waals surface area contributed by atoms with Crippen molar-refractivity contribution in [2.75, 3.05) is 18.4 Å². The first-order valence-corrected chi connectivity index (χ1v) is 7.28. The van der Waals surface area contributed by atoms with Gasteiger partial charge in [0.2, 0.25) is 0 Å². The fourth-order valence-corrected chi connectivity index (χ4v) is 2.63. The van der Waals surface area contributed by atoms with Crippen molar-refractivity contribution in [1.29, 1.82) is 0 Å². The Balaban J connectivity index is 1.90. The Morgan fingerprint density at radius 1 is 1.30 bits per heavy atom. The Labute approximate surface area is 120 Å². The van der Waals surface area contributed by atoms with Crippen LogP contribution < -0.4 is 21.7 Å². The van der Waals surface area contributed by atoms with E-state index >= 15 is 0 Å². The molecule has 1 saturated heterocycles. The summed E-state index contributed by atoms with van der Waals surface area (Å²) >= 11 is 0. The Morgan fingerprint density at radius 2 is 2.05 bits per heavy atom. The third kappa shape index (κ3) is 4.51. The highest BCUT2D eigenvalue weighted by Crippen LogP contribution is 2.18. The second kappa shape index (κ2) is 7.26. The maximum absolute atomic E-state index is 10.8. The van der Waals surface area contributed by atoms with Crippen LogP contribution in [0.5, 0.6) is 0 Å². The summed E-state index contributed by atoms with van der Waals surface area (Å²) in [4.78, 5) is 10.8. The Kier molecular flexibility index (Phi) is 5.38. The molecule has 2 rings (SSSR count). The molecule has 0 aromatic heterocycles. The molecule has 5 N–H and O–H groups in total. The van der Waals surface area contributed by atoms with E-state index in [2.05, 4.69) is 22.9 Å². The molecule has 1 aliphatic rings. The number of benzene rings is 1. The molecular weight excluding hydrogens is 252 g/mol. The molecule has 2 unspecified atom stereocenters. The summed E-state index contributed by atoms with van der Waals surface area (Å²) in [7, 11) is 0. The number of hydrogen-bond donors (Lipinski definition) is 4. The zero-order valence-electron chi connectivity index (χ0n) is 12.0. The molecule has 1 heterocycles. The van der Waals surface area contributed by atoms with Crippen LogP contribution in [0.4, 0.5) is 10.5 Å². The number of amides is 2. The SMILES string of the molecule is CC(NC1CCCNCC1)c1ccc(NC(N)=O)cc1. The van der Waals surface area contributed by atoms with E-state index in [9.17, 15) is 4.79 Å². The lowest BCUT2D eigenvalue weighted by molar-refractivity contribution is 0.259. The van der Waals surface area contributed by atoms with Gasteiger partial charge in [0.05, 0.1) is 0 Å². The summed E-state index contributed by atoms with van der Waals surface area (Å²) in [5.74, 6) is 0. The number of anilines is 1. The summed E-state index contributed by atoms with van der Waals surface area (Å²) in [5.41, 5.74) is 7.04. The number of nitrogens with two attached hydrogens (primary N) is 1. The second-order valence-electron chi connectivity index (χ2n) is 5.38. The van der Waals surface area contributed by atoms with Crippen LogP contribution >= 0.6 is 0 Å². The molecule has 1 aliphatic heterocycles. The smallest absolute Gasteiger partial charge is 0.316 e. The van der Waals surface area contributed by atoms with Crippen molar-refractivity contribution in [1.82, 2.24) is 10.6 Å². The lowest BCUT2D eigenvalue weighted by Gasteiger charge is -2.22. The van der Waals surface area contributed by atoms with Crippen LogP contribution in [0.1, 0.15) is 37.8 Å². The van der Waals surface area contributed by atoms with Crippen LogP contribution in [0.3, 0.4) is 0 Å². The molecule has 2 atom stereocenters. The molecule has 1 aromatic rings. The van der Waals surface area contributed by atoms with E-state index in [1.165, 1.54) is 24.8 Å². The number of nitrogens with one attached hydrogen (secondary N) is 3. The van der Waals surface area contributed by atoms with Crippen molar-refractivity contribution in [3.63, 3.8) is 0 Å². The van der Waals surface area contributed by atoms with Gasteiger partial charge in [-0.2, -0.15) is 0 Å². The molecule has 5 heteroatoms. The molecule has 2 amide bonds. The van der Waals surface area contributed by atoms with E-state index in [0.29, 0.717) is 12.1 Å². The average Bonchev–Trinajstić information content (AvgIpc) is 2.67. The summed E-state index contributed by atoms with van der Waals surface area (Å²) in [6, 6.07) is 8.16. The quantitative estimate of drug-likeness (QED) is 0.679. The highest BCUT2D eigenvalue weighted by atomic mass is 16.2. The van der Waals surface area contributed by atoms with Gasteiger partial charge in [-0.05, 0) is 57.0 Å². The molecule has 5 nitrogen and oxygen atoms in total. The van der Waals surface area contributed by atoms with Gasteiger partial charge in [-0.3, -0.25) is 0 Å². The maximum atomic E-state index is 10.8. The highest BCUT2D eigenvalue weighted by molar-refractivity contribution is 5.87. The van der Waals surface area contributed by atoms with Gasteiger partial charge < -0.3 is 21.7 Å². The molecule has 0 saturated carbocycles. The van der Waals surface area contributed by atoms with Crippen molar-refractivity contribution in [3.05, 3.63) is 29.8 Å². The lowest BCUT2D eigenvalue weighted by atomic mass is 10.0. The average molecular weight is 276 g/mol. The zero-order chi connectivity index (χ0) is 14.4. The van der Waals surface area contributed by atoms with E-state index in [1.807, 2.05) is 24.3 Å². The van der Waals surface area contributed by atoms with Gasteiger partial charge in [0, 0.05) is 17.8 Å². The van der Waals surface area contributed by atoms with E-state index in [0.717, 1.165) is 18.8 Å². The second-order valence-corrected chi connectivity index (χ2v) is 5.38. The van der Waals surface area contributed by atoms with Gasteiger partial charge in [0.25, 0.3) is 0 Å². The fourth-order valence-electron chi connectivity index (χ4n) is 2.63. The van der Waals surface area contributed by atoms with Gasteiger partial charge in [-0.15, -0.1) is 0 Å². The number of carbonyl (C=O) groups excluding carboxylic acids is 1. The highest BCUT2D eigenvalue weighted by Gasteiger charge is 2.15. The van der Waals surface area contributed by atoms with Gasteiger partial charge in [-0.25, -0.2) is 4.79 Å². The number of urea groups is 1. The summed E-state index contributed by atoms with van der Waals surface area (Å²) in [6.45, 7) is 4.39. The monoisotopic (exact) mass is 276 g/mol. The molecule has 110 valence electrons. The molecule has 20 heavy (non-hydrogen) atoms. The Hall–Kier alpha value is -1.59. The summed E-state index contributed by atoms with van der Waals surface area (Å²) in [6.07, 6.45) is 3.62. The molecule has 0 radical (unpaired) electrons. The van der Waals surface area contributed by atoms with E-state index in [-0.39, 0.29) is 0 Å². The fraction of sp³-hybridized carbons (Fsp3) is 0.533. The van der Waals surface area contributed by atoms with Crippen molar-refractivity contribution in [2.24, 2.45) is 5.73 Å². The minimum atomic E-state index is -0.533. The molecule has 0 bridgehead atoms. The molecule has 1 aromatic carbocycles. The molecule has 0 spiro atoms. The van der Waals surface area contributed by atoms with Crippen LogP contribution in [-0.4, -0.2) is 25.2 Å². The van der Waals surface area contributed by atoms with Crippen molar-refractivity contribution in [2.45, 2.75) is 38.3 Å². The van der Waals surface area contributed by atoms with Crippen LogP contribution in [0.2, 0.25) is 0 Å². The van der Waals surface area contributed by atoms with Crippen molar-refractivity contribution >= 4 is 11.7 Å². The molecule has 0 aliphatic carbocycles. The number of hydrogen-bond acceptors (Lipinski definition) is 3. The third-order valence-electron chi connectivity index (χ3n) is 3.74. The standard InChI is InChI=1S/C15H24N4O/c1-11(18-13-3-2-9-17-10-8-13)12-4-6-14(7-5-12)19-15(16)20/h4-7,11,13,17-18H,2-3,8-10H2,1H3,(H3,16,19,20). The van der Waals surface area contributed by atoms with Gasteiger partial charge in [0.1, 0.15) is 0 Å². The normalized spacial score (nSPS) is 20.9. The van der Waals surface area contributed by atoms with E-state index in [4.69, 9.17) is 5.73 Å². The maximum Gasteiger partial charge on any atom is 0.316 e. The van der Waals surface area contributed by atoms with E-state index < -0.39 is 6.03 Å². The van der Waals surface area contributed by atoms with Crippen LogP contribution in [0.25, 0.3) is 0 Å². The Bertz CT molecular complexity index is 424. The predicted octanol–water partition coefficient (Wildman–Crippen LogP) is 1.97. The van der Waals surface area contributed by atoms with Crippen molar-refractivity contribution < 1.29 is 4.79 Å². The summed E-state index contributed by atoms with van der Waals surface area (Å²) < 4.78 is 0.